The zero-order valence-corrected chi connectivity index (χ0v) is 12.9. The van der Waals surface area contributed by atoms with Crippen molar-refractivity contribution in [3.05, 3.63) is 29.8 Å². The van der Waals surface area contributed by atoms with E-state index < -0.39 is 0 Å². The maximum absolute atomic E-state index is 9.73. The molecule has 1 aliphatic rings. The number of hydrogen-bond acceptors (Lipinski definition) is 2. The minimum absolute atomic E-state index is 0.379. The molecule has 0 spiro atoms. The van der Waals surface area contributed by atoms with Gasteiger partial charge in [0.2, 0.25) is 0 Å². The van der Waals surface area contributed by atoms with Crippen LogP contribution in [0.4, 0.5) is 5.69 Å². The number of rotatable bonds is 3. The maximum Gasteiger partial charge on any atom is 0.125 e. The standard InChI is InChI=1S/C18H26N2/c1-14(2)16-8-6-11-18(13-19,12-10-16)20-17-9-5-4-7-15(17)3/h4-5,7,9,14,16,20H,6,8,10-12H2,1-3H3. The molecule has 2 atom stereocenters. The van der Waals surface area contributed by atoms with Crippen molar-refractivity contribution in [3.63, 3.8) is 0 Å². The van der Waals surface area contributed by atoms with Crippen molar-refractivity contribution in [3.8, 4) is 6.07 Å². The summed E-state index contributed by atoms with van der Waals surface area (Å²) in [6, 6.07) is 10.8. The smallest absolute Gasteiger partial charge is 0.125 e. The highest BCUT2D eigenvalue weighted by molar-refractivity contribution is 5.53. The first kappa shape index (κ1) is 14.9. The Balaban J connectivity index is 2.14. The molecule has 1 aromatic rings. The highest BCUT2D eigenvalue weighted by atomic mass is 15.0. The summed E-state index contributed by atoms with van der Waals surface area (Å²) >= 11 is 0. The van der Waals surface area contributed by atoms with Gasteiger partial charge in [0.15, 0.2) is 0 Å². The Kier molecular flexibility index (Phi) is 4.70. The van der Waals surface area contributed by atoms with Crippen molar-refractivity contribution in [2.45, 2.75) is 58.4 Å². The molecule has 1 fully saturated rings. The molecule has 0 aromatic heterocycles. The van der Waals surface area contributed by atoms with Gasteiger partial charge in [0.1, 0.15) is 5.54 Å². The minimum atomic E-state index is -0.379. The lowest BCUT2D eigenvalue weighted by molar-refractivity contribution is 0.339. The molecule has 2 unspecified atom stereocenters. The Morgan fingerprint density at radius 1 is 1.25 bits per heavy atom. The quantitative estimate of drug-likeness (QED) is 0.792. The van der Waals surface area contributed by atoms with E-state index in [4.69, 9.17) is 0 Å². The second-order valence-electron chi connectivity index (χ2n) is 6.57. The number of nitrogens with zero attached hydrogens (tertiary/aromatic N) is 1. The van der Waals surface area contributed by atoms with Gasteiger partial charge >= 0.3 is 0 Å². The maximum atomic E-state index is 9.73. The number of nitriles is 1. The molecule has 0 heterocycles. The summed E-state index contributed by atoms with van der Waals surface area (Å²) in [6.45, 7) is 6.71. The summed E-state index contributed by atoms with van der Waals surface area (Å²) in [7, 11) is 0. The summed E-state index contributed by atoms with van der Waals surface area (Å²) < 4.78 is 0. The Morgan fingerprint density at radius 2 is 2.00 bits per heavy atom. The molecule has 0 bridgehead atoms. The van der Waals surface area contributed by atoms with Crippen LogP contribution in [-0.4, -0.2) is 5.54 Å². The van der Waals surface area contributed by atoms with Gasteiger partial charge in [0.25, 0.3) is 0 Å². The summed E-state index contributed by atoms with van der Waals surface area (Å²) in [4.78, 5) is 0. The number of para-hydroxylation sites is 1. The molecule has 1 N–H and O–H groups in total. The van der Waals surface area contributed by atoms with Gasteiger partial charge in [-0.1, -0.05) is 38.5 Å². The Hall–Kier alpha value is -1.49. The number of aryl methyl sites for hydroxylation is 1. The molecule has 1 aliphatic carbocycles. The third-order valence-corrected chi connectivity index (χ3v) is 4.80. The molecular formula is C18H26N2. The van der Waals surface area contributed by atoms with Crippen molar-refractivity contribution in [1.29, 1.82) is 5.26 Å². The second kappa shape index (κ2) is 6.31. The fraction of sp³-hybridized carbons (Fsp3) is 0.611. The van der Waals surface area contributed by atoms with Crippen LogP contribution < -0.4 is 5.32 Å². The zero-order valence-electron chi connectivity index (χ0n) is 12.9. The van der Waals surface area contributed by atoms with Crippen LogP contribution in [0.3, 0.4) is 0 Å². The predicted octanol–water partition coefficient (Wildman–Crippen LogP) is 4.91. The molecule has 1 aromatic carbocycles. The minimum Gasteiger partial charge on any atom is -0.367 e. The summed E-state index contributed by atoms with van der Waals surface area (Å²) in [5.74, 6) is 1.49. The number of anilines is 1. The van der Waals surface area contributed by atoms with Crippen LogP contribution in [0.5, 0.6) is 0 Å². The molecule has 2 nitrogen and oxygen atoms in total. The van der Waals surface area contributed by atoms with Crippen LogP contribution in [0, 0.1) is 30.1 Å². The van der Waals surface area contributed by atoms with E-state index in [0.717, 1.165) is 43.2 Å². The predicted molar refractivity (Wildman–Crippen MR) is 84.6 cm³/mol. The first-order valence-electron chi connectivity index (χ1n) is 7.81. The van der Waals surface area contributed by atoms with Crippen LogP contribution in [-0.2, 0) is 0 Å². The summed E-state index contributed by atoms with van der Waals surface area (Å²) in [6.07, 6.45) is 5.48. The molecule has 2 heteroatoms. The summed E-state index contributed by atoms with van der Waals surface area (Å²) in [5, 5.41) is 13.3. The monoisotopic (exact) mass is 270 g/mol. The van der Waals surface area contributed by atoms with Gasteiger partial charge in [0, 0.05) is 5.69 Å². The molecule has 0 aliphatic heterocycles. The van der Waals surface area contributed by atoms with E-state index in [0.29, 0.717) is 0 Å². The lowest BCUT2D eigenvalue weighted by Gasteiger charge is -2.29. The van der Waals surface area contributed by atoms with Crippen molar-refractivity contribution in [2.24, 2.45) is 11.8 Å². The van der Waals surface area contributed by atoms with E-state index in [1.807, 2.05) is 12.1 Å². The fourth-order valence-electron chi connectivity index (χ4n) is 3.27. The van der Waals surface area contributed by atoms with Crippen LogP contribution in [0.2, 0.25) is 0 Å². The van der Waals surface area contributed by atoms with Gasteiger partial charge in [-0.3, -0.25) is 0 Å². The Bertz CT molecular complexity index is 486. The Morgan fingerprint density at radius 3 is 2.65 bits per heavy atom. The molecule has 0 saturated heterocycles. The van der Waals surface area contributed by atoms with Crippen LogP contribution in [0.15, 0.2) is 24.3 Å². The normalized spacial score (nSPS) is 26.9. The van der Waals surface area contributed by atoms with Gasteiger partial charge in [-0.05, 0) is 56.1 Å². The number of hydrogen-bond donors (Lipinski definition) is 1. The molecule has 2 rings (SSSR count). The lowest BCUT2D eigenvalue weighted by Crippen LogP contribution is -2.36. The first-order valence-corrected chi connectivity index (χ1v) is 7.81. The third-order valence-electron chi connectivity index (χ3n) is 4.80. The topological polar surface area (TPSA) is 35.8 Å². The van der Waals surface area contributed by atoms with E-state index in [-0.39, 0.29) is 5.54 Å². The molecule has 20 heavy (non-hydrogen) atoms. The lowest BCUT2D eigenvalue weighted by atomic mass is 9.87. The fourth-order valence-corrected chi connectivity index (χ4v) is 3.27. The van der Waals surface area contributed by atoms with Crippen molar-refractivity contribution in [1.82, 2.24) is 0 Å². The van der Waals surface area contributed by atoms with Crippen molar-refractivity contribution in [2.75, 3.05) is 5.32 Å². The van der Waals surface area contributed by atoms with E-state index in [1.54, 1.807) is 0 Å². The molecular weight excluding hydrogens is 244 g/mol. The van der Waals surface area contributed by atoms with E-state index >= 15 is 0 Å². The van der Waals surface area contributed by atoms with Crippen molar-refractivity contribution >= 4 is 5.69 Å². The van der Waals surface area contributed by atoms with Gasteiger partial charge in [-0.25, -0.2) is 0 Å². The Labute approximate surface area is 123 Å². The third kappa shape index (κ3) is 3.33. The highest BCUT2D eigenvalue weighted by Gasteiger charge is 2.34. The van der Waals surface area contributed by atoms with E-state index in [1.165, 1.54) is 12.0 Å². The van der Waals surface area contributed by atoms with Gasteiger partial charge in [-0.2, -0.15) is 5.26 Å². The molecule has 1 saturated carbocycles. The van der Waals surface area contributed by atoms with Crippen LogP contribution >= 0.6 is 0 Å². The SMILES string of the molecule is Cc1ccccc1NC1(C#N)CCCC(C(C)C)CC1. The number of benzene rings is 1. The number of nitrogens with one attached hydrogen (secondary N) is 1. The van der Waals surface area contributed by atoms with Crippen LogP contribution in [0.25, 0.3) is 0 Å². The molecule has 0 radical (unpaired) electrons. The molecule has 0 amide bonds. The van der Waals surface area contributed by atoms with E-state index in [2.05, 4.69) is 44.3 Å². The zero-order chi connectivity index (χ0) is 14.6. The highest BCUT2D eigenvalue weighted by Crippen LogP contribution is 2.36. The van der Waals surface area contributed by atoms with Gasteiger partial charge in [0.05, 0.1) is 6.07 Å². The largest absolute Gasteiger partial charge is 0.367 e. The van der Waals surface area contributed by atoms with Gasteiger partial charge < -0.3 is 5.32 Å². The summed E-state index contributed by atoms with van der Waals surface area (Å²) in [5.41, 5.74) is 1.94. The average molecular weight is 270 g/mol. The average Bonchev–Trinajstić information content (AvgIpc) is 2.65. The van der Waals surface area contributed by atoms with Crippen molar-refractivity contribution < 1.29 is 0 Å². The van der Waals surface area contributed by atoms with Crippen LogP contribution in [0.1, 0.15) is 51.5 Å². The molecule has 108 valence electrons. The van der Waals surface area contributed by atoms with Gasteiger partial charge in [-0.15, -0.1) is 0 Å². The van der Waals surface area contributed by atoms with E-state index in [9.17, 15) is 5.26 Å². The second-order valence-corrected chi connectivity index (χ2v) is 6.57. The first-order chi connectivity index (χ1) is 9.56.